The Balaban J connectivity index is 1.37. The molecule has 11 heteroatoms. The van der Waals surface area contributed by atoms with Crippen molar-refractivity contribution in [2.75, 3.05) is 39.1 Å². The van der Waals surface area contributed by atoms with Gasteiger partial charge in [-0.25, -0.2) is 17.1 Å². The molecule has 184 valence electrons. The zero-order valence-electron chi connectivity index (χ0n) is 19.4. The van der Waals surface area contributed by atoms with Gasteiger partial charge < -0.3 is 19.6 Å². The summed E-state index contributed by atoms with van der Waals surface area (Å²) in [7, 11) is -0.589. The van der Waals surface area contributed by atoms with Gasteiger partial charge in [0.2, 0.25) is 10.0 Å². The first kappa shape index (κ1) is 24.2. The molecule has 0 unspecified atom stereocenters. The van der Waals surface area contributed by atoms with Crippen molar-refractivity contribution in [1.82, 2.24) is 14.2 Å². The number of aromatic hydroxyl groups is 1. The van der Waals surface area contributed by atoms with Crippen molar-refractivity contribution < 1.29 is 27.1 Å². The van der Waals surface area contributed by atoms with E-state index >= 15 is 0 Å². The van der Waals surface area contributed by atoms with Crippen LogP contribution in [0.25, 0.3) is 11.1 Å². The molecule has 0 atom stereocenters. The molecule has 2 aromatic carbocycles. The van der Waals surface area contributed by atoms with Crippen LogP contribution in [0.1, 0.15) is 25.3 Å². The lowest BCUT2D eigenvalue weighted by atomic mass is 10.0. The highest BCUT2D eigenvalue weighted by Crippen LogP contribution is 2.30. The van der Waals surface area contributed by atoms with Gasteiger partial charge in [0.25, 0.3) is 6.01 Å². The van der Waals surface area contributed by atoms with E-state index < -0.39 is 15.8 Å². The first-order valence-corrected chi connectivity index (χ1v) is 12.6. The quantitative estimate of drug-likeness (QED) is 0.493. The number of nitrogens with zero attached hydrogens (tertiary/aromatic N) is 3. The van der Waals surface area contributed by atoms with Gasteiger partial charge in [0.05, 0.1) is 11.5 Å². The Labute approximate surface area is 198 Å². The van der Waals surface area contributed by atoms with E-state index in [0.29, 0.717) is 35.8 Å². The Hall–Kier alpha value is -2.89. The summed E-state index contributed by atoms with van der Waals surface area (Å²) in [6.45, 7) is 4.10. The highest BCUT2D eigenvalue weighted by Gasteiger charge is 2.23. The minimum Gasteiger partial charge on any atom is -0.504 e. The number of hydrogen-bond donors (Lipinski definition) is 2. The molecule has 0 spiro atoms. The van der Waals surface area contributed by atoms with Crippen LogP contribution in [0.15, 0.2) is 39.6 Å². The highest BCUT2D eigenvalue weighted by atomic mass is 32.2. The Morgan fingerprint density at radius 1 is 1.26 bits per heavy atom. The molecule has 4 rings (SSSR count). The Kier molecular flexibility index (Phi) is 6.96. The van der Waals surface area contributed by atoms with Crippen LogP contribution >= 0.6 is 0 Å². The molecular formula is C23H29FN4O5S. The molecule has 1 fully saturated rings. The molecule has 34 heavy (non-hydrogen) atoms. The van der Waals surface area contributed by atoms with Crippen LogP contribution in [0, 0.1) is 5.82 Å². The number of likely N-dealkylation sites (tertiary alicyclic amines) is 1. The van der Waals surface area contributed by atoms with E-state index in [1.54, 1.807) is 12.1 Å². The molecule has 3 aromatic rings. The molecule has 0 saturated carbocycles. The maximum absolute atomic E-state index is 14.3. The van der Waals surface area contributed by atoms with Crippen LogP contribution in [-0.4, -0.2) is 67.5 Å². The monoisotopic (exact) mass is 492 g/mol. The molecule has 0 aliphatic carbocycles. The third-order valence-electron chi connectivity index (χ3n) is 5.87. The summed E-state index contributed by atoms with van der Waals surface area (Å²) in [6.07, 6.45) is 1.61. The van der Waals surface area contributed by atoms with Crippen LogP contribution in [0.5, 0.6) is 11.5 Å². The fourth-order valence-electron chi connectivity index (χ4n) is 3.97. The first-order chi connectivity index (χ1) is 16.2. The normalized spacial score (nSPS) is 15.8. The van der Waals surface area contributed by atoms with E-state index in [9.17, 15) is 17.9 Å². The number of oxazole rings is 1. The van der Waals surface area contributed by atoms with Crippen LogP contribution in [0.3, 0.4) is 0 Å². The van der Waals surface area contributed by atoms with Gasteiger partial charge in [-0.15, -0.1) is 0 Å². The Bertz CT molecular complexity index is 1270. The molecule has 9 nitrogen and oxygen atoms in total. The zero-order chi connectivity index (χ0) is 24.5. The zero-order valence-corrected chi connectivity index (χ0v) is 20.2. The molecular weight excluding hydrogens is 463 g/mol. The van der Waals surface area contributed by atoms with Gasteiger partial charge in [0.15, 0.2) is 17.1 Å². The van der Waals surface area contributed by atoms with E-state index in [0.717, 1.165) is 36.3 Å². The number of anilines is 1. The average molecular weight is 493 g/mol. The van der Waals surface area contributed by atoms with Crippen molar-refractivity contribution in [1.29, 1.82) is 0 Å². The van der Waals surface area contributed by atoms with Gasteiger partial charge in [0.1, 0.15) is 11.3 Å². The lowest BCUT2D eigenvalue weighted by Gasteiger charge is -2.32. The number of sulfonamides is 1. The van der Waals surface area contributed by atoms with Crippen LogP contribution in [0.2, 0.25) is 0 Å². The summed E-state index contributed by atoms with van der Waals surface area (Å²) in [5.74, 6) is -0.368. The summed E-state index contributed by atoms with van der Waals surface area (Å²) < 4.78 is 51.3. The predicted octanol–water partition coefficient (Wildman–Crippen LogP) is 3.40. The Morgan fingerprint density at radius 2 is 2.00 bits per heavy atom. The summed E-state index contributed by atoms with van der Waals surface area (Å²) in [4.78, 5) is 6.72. The number of nitrogens with one attached hydrogen (secondary N) is 1. The fourth-order valence-corrected chi connectivity index (χ4v) is 4.89. The molecule has 0 amide bonds. The number of ether oxygens (including phenoxy) is 1. The van der Waals surface area contributed by atoms with Gasteiger partial charge in [-0.05, 0) is 44.0 Å². The molecule has 2 heterocycles. The number of phenols is 1. The lowest BCUT2D eigenvalue weighted by molar-refractivity contribution is 0.207. The molecule has 0 radical (unpaired) electrons. The van der Waals surface area contributed by atoms with Crippen molar-refractivity contribution in [3.05, 3.63) is 41.7 Å². The van der Waals surface area contributed by atoms with Crippen molar-refractivity contribution in [2.24, 2.45) is 0 Å². The van der Waals surface area contributed by atoms with E-state index in [1.165, 1.54) is 26.2 Å². The summed E-state index contributed by atoms with van der Waals surface area (Å²) in [5, 5.41) is 13.1. The van der Waals surface area contributed by atoms with E-state index in [2.05, 4.69) is 15.2 Å². The smallest absolute Gasteiger partial charge is 0.295 e. The highest BCUT2D eigenvalue weighted by molar-refractivity contribution is 7.89. The van der Waals surface area contributed by atoms with Crippen molar-refractivity contribution in [3.63, 3.8) is 0 Å². The summed E-state index contributed by atoms with van der Waals surface area (Å²) in [5.41, 5.74) is 1.46. The van der Waals surface area contributed by atoms with Crippen molar-refractivity contribution >= 4 is 27.1 Å². The molecule has 1 aliphatic heterocycles. The van der Waals surface area contributed by atoms with Gasteiger partial charge in [0, 0.05) is 51.4 Å². The number of aromatic nitrogens is 1. The number of benzene rings is 2. The maximum Gasteiger partial charge on any atom is 0.295 e. The summed E-state index contributed by atoms with van der Waals surface area (Å²) in [6, 6.07) is 7.74. The predicted molar refractivity (Wildman–Crippen MR) is 126 cm³/mol. The molecule has 1 saturated heterocycles. The molecule has 0 bridgehead atoms. The minimum absolute atomic E-state index is 0.123. The fraction of sp³-hybridized carbons (Fsp3) is 0.435. The molecule has 1 aliphatic rings. The number of piperidine rings is 1. The number of rotatable bonds is 8. The standard InChI is InChI=1S/C23H29FN4O5S/c1-4-32-22-11-15(18(24)13-20(22)29)14-28-9-7-16(8-10-28)25-23-26-19-12-17(5-6-21(19)33-23)34(30,31)27(2)3/h5-6,11-13,16,29H,4,7-10,14H2,1-3H3,(H,25,26). The van der Waals surface area contributed by atoms with Crippen LogP contribution in [0.4, 0.5) is 10.4 Å². The first-order valence-electron chi connectivity index (χ1n) is 11.1. The second kappa shape index (κ2) is 9.77. The summed E-state index contributed by atoms with van der Waals surface area (Å²) >= 11 is 0. The number of fused-ring (bicyclic) bond motifs is 1. The maximum atomic E-state index is 14.3. The van der Waals surface area contributed by atoms with Gasteiger partial charge in [-0.3, -0.25) is 4.90 Å². The molecule has 2 N–H and O–H groups in total. The third-order valence-corrected chi connectivity index (χ3v) is 7.69. The van der Waals surface area contributed by atoms with Crippen molar-refractivity contribution in [2.45, 2.75) is 37.2 Å². The number of halogens is 1. The van der Waals surface area contributed by atoms with E-state index in [4.69, 9.17) is 9.15 Å². The van der Waals surface area contributed by atoms with Gasteiger partial charge in [-0.1, -0.05) is 0 Å². The van der Waals surface area contributed by atoms with E-state index in [1.807, 2.05) is 6.92 Å². The lowest BCUT2D eigenvalue weighted by Crippen LogP contribution is -2.38. The third kappa shape index (κ3) is 5.11. The topological polar surface area (TPSA) is 108 Å². The second-order valence-corrected chi connectivity index (χ2v) is 10.6. The minimum atomic E-state index is -3.55. The Morgan fingerprint density at radius 3 is 2.68 bits per heavy atom. The van der Waals surface area contributed by atoms with Gasteiger partial charge >= 0.3 is 0 Å². The van der Waals surface area contributed by atoms with Crippen LogP contribution < -0.4 is 10.1 Å². The largest absolute Gasteiger partial charge is 0.504 e. The van der Waals surface area contributed by atoms with Gasteiger partial charge in [-0.2, -0.15) is 4.98 Å². The van der Waals surface area contributed by atoms with Crippen LogP contribution in [-0.2, 0) is 16.6 Å². The molecule has 1 aromatic heterocycles. The van der Waals surface area contributed by atoms with E-state index in [-0.39, 0.29) is 22.4 Å². The van der Waals surface area contributed by atoms with Crippen molar-refractivity contribution in [3.8, 4) is 11.5 Å². The number of hydrogen-bond acceptors (Lipinski definition) is 8. The average Bonchev–Trinajstić information content (AvgIpc) is 3.19. The second-order valence-electron chi connectivity index (χ2n) is 8.48. The number of phenolic OH excluding ortho intramolecular Hbond substituents is 1. The SMILES string of the molecule is CCOc1cc(CN2CCC(Nc3nc4cc(S(=O)(=O)N(C)C)ccc4o3)CC2)c(F)cc1O.